The van der Waals surface area contributed by atoms with Crippen LogP contribution >= 0.6 is 0 Å². The van der Waals surface area contributed by atoms with Crippen LogP contribution in [0.3, 0.4) is 0 Å². The molecule has 0 amide bonds. The van der Waals surface area contributed by atoms with E-state index in [1.807, 2.05) is 0 Å². The van der Waals surface area contributed by atoms with Gasteiger partial charge >= 0.3 is 0 Å². The van der Waals surface area contributed by atoms with Crippen LogP contribution in [-0.4, -0.2) is 0 Å². The maximum atomic E-state index is 2.36. The molecule has 0 N–H and O–H groups in total. The van der Waals surface area contributed by atoms with Gasteiger partial charge in [-0.05, 0) is 58.1 Å². The van der Waals surface area contributed by atoms with Crippen molar-refractivity contribution in [2.24, 2.45) is 16.7 Å². The average molecular weight is 465 g/mol. The molecule has 0 aliphatic heterocycles. The second-order valence-electron chi connectivity index (χ2n) is 13.3. The summed E-state index contributed by atoms with van der Waals surface area (Å²) in [5.41, 5.74) is 5.61. The Morgan fingerprint density at radius 3 is 1.50 bits per heavy atom. The summed E-state index contributed by atoms with van der Waals surface area (Å²) in [5.74, 6) is 1.01. The summed E-state index contributed by atoms with van der Waals surface area (Å²) in [6.45, 7) is 22.5. The zero-order valence-corrected chi connectivity index (χ0v) is 23.5. The molecule has 34 heavy (non-hydrogen) atoms. The van der Waals surface area contributed by atoms with Gasteiger partial charge in [0.15, 0.2) is 0 Å². The van der Waals surface area contributed by atoms with Crippen molar-refractivity contribution in [3.05, 3.63) is 77.4 Å². The van der Waals surface area contributed by atoms with Crippen LogP contribution in [0.15, 0.2) is 60.7 Å². The van der Waals surface area contributed by atoms with Crippen molar-refractivity contribution in [2.45, 2.75) is 114 Å². The molecule has 0 aromatic heterocycles. The minimum Gasteiger partial charge on any atom is -0.0795 e. The van der Waals surface area contributed by atoms with Crippen LogP contribution in [0.25, 0.3) is 6.08 Å². The predicted molar refractivity (Wildman–Crippen MR) is 158 cm³/mol. The smallest absolute Gasteiger partial charge is 0.00882 e. The number of fused-ring (bicyclic) bond motifs is 1. The monoisotopic (exact) mass is 464 g/mol. The molecule has 4 rings (SSSR count). The molecule has 2 aromatic carbocycles. The van der Waals surface area contributed by atoms with Crippen molar-refractivity contribution in [1.82, 2.24) is 0 Å². The highest BCUT2D eigenvalue weighted by Gasteiger charge is 2.26. The van der Waals surface area contributed by atoms with E-state index in [0.717, 1.165) is 12.3 Å². The van der Waals surface area contributed by atoms with E-state index in [4.69, 9.17) is 0 Å². The van der Waals surface area contributed by atoms with Gasteiger partial charge in [0.1, 0.15) is 0 Å². The number of hydrogen-bond acceptors (Lipinski definition) is 0. The van der Waals surface area contributed by atoms with Gasteiger partial charge in [0.05, 0.1) is 0 Å². The summed E-state index contributed by atoms with van der Waals surface area (Å²) in [5, 5.41) is 0. The van der Waals surface area contributed by atoms with Crippen molar-refractivity contribution in [3.8, 4) is 0 Å². The molecule has 2 aliphatic rings. The lowest BCUT2D eigenvalue weighted by atomic mass is 9.80. The molecule has 2 aromatic rings. The minimum atomic E-state index is 0. The fourth-order valence-corrected chi connectivity index (χ4v) is 3.93. The summed E-state index contributed by atoms with van der Waals surface area (Å²) >= 11 is 0. The van der Waals surface area contributed by atoms with E-state index in [0.29, 0.717) is 16.2 Å². The molecule has 0 heteroatoms. The lowest BCUT2D eigenvalue weighted by Gasteiger charge is -2.26. The first-order valence-corrected chi connectivity index (χ1v) is 13.0. The Labute approximate surface area is 214 Å². The van der Waals surface area contributed by atoms with Crippen LogP contribution in [0.2, 0.25) is 0 Å². The van der Waals surface area contributed by atoms with Crippen molar-refractivity contribution >= 4 is 6.08 Å². The van der Waals surface area contributed by atoms with E-state index in [9.17, 15) is 0 Å². The second-order valence-corrected chi connectivity index (χ2v) is 13.3. The third-order valence-electron chi connectivity index (χ3n) is 5.91. The molecule has 2 aliphatic carbocycles. The summed E-state index contributed by atoms with van der Waals surface area (Å²) in [6, 6.07) is 19.0. The third-order valence-corrected chi connectivity index (χ3v) is 5.91. The molecule has 0 atom stereocenters. The zero-order chi connectivity index (χ0) is 25.1. The van der Waals surface area contributed by atoms with Gasteiger partial charge in [0.25, 0.3) is 0 Å². The number of hydrogen-bond donors (Lipinski definition) is 0. The molecular formula is C34H56. The minimum absolute atomic E-state index is 0. The first kappa shape index (κ1) is 32.2. The number of benzene rings is 2. The fourth-order valence-electron chi connectivity index (χ4n) is 3.93. The molecule has 0 unspecified atom stereocenters. The molecule has 0 heterocycles. The number of allylic oxidation sites excluding steroid dienone is 1. The van der Waals surface area contributed by atoms with Crippen molar-refractivity contribution in [1.29, 1.82) is 0 Å². The standard InChI is InChI=1S/C10H14.C9H8.C9H18.C5H12.CH4/c1-10(2,3)9-7-5-4-6-8-9;1-2-5-9-7-3-6-8(9)4-1;1-9(2,3)8-6-4-5-7-8;1-5(2,3)4;/h4-8H,1-3H3;1-6H,7H2;8H,4-7H2,1-3H3;1-4H3;1H4. The largest absolute Gasteiger partial charge is 0.0795 e. The molecule has 1 saturated carbocycles. The van der Waals surface area contributed by atoms with E-state index >= 15 is 0 Å². The van der Waals surface area contributed by atoms with Gasteiger partial charge in [0.2, 0.25) is 0 Å². The third kappa shape index (κ3) is 14.4. The number of rotatable bonds is 0. The van der Waals surface area contributed by atoms with Crippen molar-refractivity contribution in [2.75, 3.05) is 0 Å². The van der Waals surface area contributed by atoms with E-state index in [1.165, 1.54) is 42.4 Å². The predicted octanol–water partition coefficient (Wildman–Crippen LogP) is 11.2. The van der Waals surface area contributed by atoms with Crippen LogP contribution < -0.4 is 0 Å². The van der Waals surface area contributed by atoms with Gasteiger partial charge in [0, 0.05) is 0 Å². The zero-order valence-electron chi connectivity index (χ0n) is 23.5. The highest BCUT2D eigenvalue weighted by molar-refractivity contribution is 5.59. The van der Waals surface area contributed by atoms with Crippen LogP contribution in [0.5, 0.6) is 0 Å². The van der Waals surface area contributed by atoms with E-state index in [-0.39, 0.29) is 7.43 Å². The van der Waals surface area contributed by atoms with E-state index in [1.54, 1.807) is 0 Å². The Kier molecular flexibility index (Phi) is 13.8. The van der Waals surface area contributed by atoms with Gasteiger partial charge in [-0.3, -0.25) is 0 Å². The van der Waals surface area contributed by atoms with E-state index in [2.05, 4.69) is 136 Å². The highest BCUT2D eigenvalue weighted by Crippen LogP contribution is 2.38. The first-order valence-electron chi connectivity index (χ1n) is 13.0. The molecule has 0 saturated heterocycles. The Hall–Kier alpha value is -1.82. The Balaban J connectivity index is 0.000000434. The van der Waals surface area contributed by atoms with Crippen molar-refractivity contribution < 1.29 is 0 Å². The lowest BCUT2D eigenvalue weighted by molar-refractivity contribution is 0.246. The summed E-state index contributed by atoms with van der Waals surface area (Å²) < 4.78 is 0. The summed E-state index contributed by atoms with van der Waals surface area (Å²) in [6.07, 6.45) is 11.4. The highest BCUT2D eigenvalue weighted by atomic mass is 14.3. The van der Waals surface area contributed by atoms with Crippen LogP contribution in [-0.2, 0) is 11.8 Å². The van der Waals surface area contributed by atoms with Gasteiger partial charge < -0.3 is 0 Å². The van der Waals surface area contributed by atoms with Gasteiger partial charge in [-0.2, -0.15) is 0 Å². The Morgan fingerprint density at radius 2 is 1.12 bits per heavy atom. The van der Waals surface area contributed by atoms with Gasteiger partial charge in [-0.25, -0.2) is 0 Å². The fraction of sp³-hybridized carbons (Fsp3) is 0.588. The van der Waals surface area contributed by atoms with Crippen LogP contribution in [0, 0.1) is 16.7 Å². The summed E-state index contributed by atoms with van der Waals surface area (Å²) in [4.78, 5) is 0. The van der Waals surface area contributed by atoms with Crippen LogP contribution in [0.4, 0.5) is 0 Å². The normalized spacial score (nSPS) is 14.9. The molecule has 1 fully saturated rings. The molecule has 0 bridgehead atoms. The maximum absolute atomic E-state index is 2.36. The SMILES string of the molecule is C.C1=Cc2ccccc2C1.CC(C)(C)C.CC(C)(C)C1CCCC1.CC(C)(C)c1ccccc1. The average Bonchev–Trinajstić information content (AvgIpc) is 3.39. The maximum Gasteiger partial charge on any atom is -0.00882 e. The second kappa shape index (κ2) is 14.6. The Bertz CT molecular complexity index is 792. The van der Waals surface area contributed by atoms with Gasteiger partial charge in [-0.15, -0.1) is 0 Å². The lowest BCUT2D eigenvalue weighted by Crippen LogP contribution is -2.16. The topological polar surface area (TPSA) is 0 Å². The van der Waals surface area contributed by atoms with E-state index < -0.39 is 0 Å². The molecule has 0 nitrogen and oxygen atoms in total. The molecular weight excluding hydrogens is 408 g/mol. The van der Waals surface area contributed by atoms with Crippen molar-refractivity contribution in [3.63, 3.8) is 0 Å². The summed E-state index contributed by atoms with van der Waals surface area (Å²) in [7, 11) is 0. The quantitative estimate of drug-likeness (QED) is 0.363. The molecule has 0 spiro atoms. The molecule has 0 radical (unpaired) electrons. The van der Waals surface area contributed by atoms with Gasteiger partial charge in [-0.1, -0.05) is 156 Å². The van der Waals surface area contributed by atoms with Crippen LogP contribution in [0.1, 0.15) is 119 Å². The Morgan fingerprint density at radius 1 is 0.647 bits per heavy atom. The first-order chi connectivity index (χ1) is 15.2. The molecule has 192 valence electrons.